The van der Waals surface area contributed by atoms with E-state index in [1.165, 1.54) is 6.33 Å². The van der Waals surface area contributed by atoms with Crippen molar-refractivity contribution < 1.29 is 0 Å². The zero-order valence-corrected chi connectivity index (χ0v) is 16.5. The number of nitrogen functional groups attached to an aromatic ring is 1. The monoisotopic (exact) mass is 389 g/mol. The fraction of sp³-hybridized carbons (Fsp3) is 0.381. The predicted molar refractivity (Wildman–Crippen MR) is 111 cm³/mol. The van der Waals surface area contributed by atoms with E-state index in [9.17, 15) is 4.79 Å². The van der Waals surface area contributed by atoms with Crippen LogP contribution in [0, 0.1) is 19.8 Å². The van der Waals surface area contributed by atoms with Crippen LogP contribution in [0.5, 0.6) is 0 Å². The Labute approximate surface area is 168 Å². The van der Waals surface area contributed by atoms with Crippen molar-refractivity contribution in [1.29, 1.82) is 0 Å². The lowest BCUT2D eigenvalue weighted by Crippen LogP contribution is -2.47. The van der Waals surface area contributed by atoms with Gasteiger partial charge in [0.25, 0.3) is 5.56 Å². The van der Waals surface area contributed by atoms with Crippen LogP contribution in [0.1, 0.15) is 29.3 Å². The van der Waals surface area contributed by atoms with Crippen LogP contribution in [0.3, 0.4) is 0 Å². The minimum atomic E-state index is 0.0203. The van der Waals surface area contributed by atoms with Gasteiger partial charge in [-0.1, -0.05) is 0 Å². The van der Waals surface area contributed by atoms with E-state index in [1.807, 2.05) is 11.5 Å². The van der Waals surface area contributed by atoms with Crippen molar-refractivity contribution >= 4 is 11.6 Å². The van der Waals surface area contributed by atoms with Crippen LogP contribution < -0.4 is 16.2 Å². The zero-order valence-electron chi connectivity index (χ0n) is 16.5. The highest BCUT2D eigenvalue weighted by Gasteiger charge is 2.36. The van der Waals surface area contributed by atoms with Crippen molar-refractivity contribution in [3.05, 3.63) is 58.2 Å². The molecule has 0 unspecified atom stereocenters. The lowest BCUT2D eigenvalue weighted by atomic mass is 9.82. The molecule has 3 aromatic rings. The topological polar surface area (TPSA) is 103 Å². The molecule has 0 aromatic carbocycles. The van der Waals surface area contributed by atoms with Gasteiger partial charge < -0.3 is 15.2 Å². The molecule has 29 heavy (non-hydrogen) atoms. The molecule has 5 rings (SSSR count). The third-order valence-corrected chi connectivity index (χ3v) is 6.15. The SMILES string of the molecule is Cc1ncnc(N2C[C@@H]3C[C@H](C2)c2cc(-c4cc(N)ncn4)cc(=O)n2C3)c1C. The number of aryl methyl sites for hydroxylation is 1. The number of rotatable bonds is 2. The van der Waals surface area contributed by atoms with Gasteiger partial charge in [0.15, 0.2) is 0 Å². The van der Waals surface area contributed by atoms with Gasteiger partial charge in [0.05, 0.1) is 5.69 Å². The molecule has 1 saturated heterocycles. The second-order valence-electron chi connectivity index (χ2n) is 8.06. The minimum Gasteiger partial charge on any atom is -0.384 e. The largest absolute Gasteiger partial charge is 0.384 e. The first-order valence-corrected chi connectivity index (χ1v) is 9.85. The van der Waals surface area contributed by atoms with Gasteiger partial charge in [-0.15, -0.1) is 0 Å². The van der Waals surface area contributed by atoms with E-state index in [0.717, 1.165) is 54.4 Å². The van der Waals surface area contributed by atoms with Gasteiger partial charge in [-0.25, -0.2) is 19.9 Å². The molecule has 8 nitrogen and oxygen atoms in total. The molecule has 0 radical (unpaired) electrons. The number of aromatic nitrogens is 5. The molecule has 2 aliphatic rings. The Balaban J connectivity index is 1.55. The smallest absolute Gasteiger partial charge is 0.251 e. The van der Waals surface area contributed by atoms with Crippen molar-refractivity contribution in [1.82, 2.24) is 24.5 Å². The van der Waals surface area contributed by atoms with Crippen molar-refractivity contribution in [3.8, 4) is 11.3 Å². The van der Waals surface area contributed by atoms with Gasteiger partial charge >= 0.3 is 0 Å². The molecule has 8 heteroatoms. The lowest BCUT2D eigenvalue weighted by Gasteiger charge is -2.43. The summed E-state index contributed by atoms with van der Waals surface area (Å²) in [4.78, 5) is 32.3. The van der Waals surface area contributed by atoms with E-state index in [0.29, 0.717) is 17.4 Å². The van der Waals surface area contributed by atoms with E-state index in [-0.39, 0.29) is 11.5 Å². The summed E-state index contributed by atoms with van der Waals surface area (Å²) in [6.45, 7) is 6.56. The third kappa shape index (κ3) is 3.04. The molecule has 3 aromatic heterocycles. The third-order valence-electron chi connectivity index (χ3n) is 6.15. The standard InChI is InChI=1S/C21H23N7O/c1-12-13(2)23-10-26-21(12)27-7-14-3-16(9-27)18-4-15(5-20(29)28(18)8-14)17-6-19(22)25-11-24-17/h4-6,10-11,14,16H,3,7-9H2,1-2H3,(H2,22,24,25)/t14-,16+/m0/s1. The Morgan fingerprint density at radius 3 is 2.66 bits per heavy atom. The Hall–Kier alpha value is -3.29. The van der Waals surface area contributed by atoms with E-state index in [1.54, 1.807) is 18.5 Å². The molecule has 2 N–H and O–H groups in total. The van der Waals surface area contributed by atoms with Gasteiger partial charge in [-0.3, -0.25) is 4.79 Å². The average Bonchev–Trinajstić information content (AvgIpc) is 2.70. The van der Waals surface area contributed by atoms with Gasteiger partial charge in [0.2, 0.25) is 0 Å². The number of nitrogens with two attached hydrogens (primary N) is 1. The first kappa shape index (κ1) is 17.8. The molecule has 148 valence electrons. The summed E-state index contributed by atoms with van der Waals surface area (Å²) < 4.78 is 1.93. The number of pyridine rings is 1. The molecule has 5 heterocycles. The molecule has 0 spiro atoms. The Kier molecular flexibility index (Phi) is 4.08. The summed E-state index contributed by atoms with van der Waals surface area (Å²) in [5.74, 6) is 2.09. The maximum Gasteiger partial charge on any atom is 0.251 e. The summed E-state index contributed by atoms with van der Waals surface area (Å²) in [6, 6.07) is 5.45. The number of anilines is 2. The van der Waals surface area contributed by atoms with Crippen LogP contribution >= 0.6 is 0 Å². The molecule has 2 atom stereocenters. The average molecular weight is 389 g/mol. The summed E-state index contributed by atoms with van der Waals surface area (Å²) in [5, 5.41) is 0. The highest BCUT2D eigenvalue weighted by Crippen LogP contribution is 2.38. The van der Waals surface area contributed by atoms with Crippen molar-refractivity contribution in [2.75, 3.05) is 23.7 Å². The second-order valence-corrected chi connectivity index (χ2v) is 8.06. The lowest BCUT2D eigenvalue weighted by molar-refractivity contribution is 0.280. The highest BCUT2D eigenvalue weighted by molar-refractivity contribution is 5.62. The quantitative estimate of drug-likeness (QED) is 0.714. The second kappa shape index (κ2) is 6.65. The van der Waals surface area contributed by atoms with Crippen molar-refractivity contribution in [2.45, 2.75) is 32.7 Å². The van der Waals surface area contributed by atoms with Crippen molar-refractivity contribution in [3.63, 3.8) is 0 Å². The summed E-state index contributed by atoms with van der Waals surface area (Å²) in [6.07, 6.45) is 4.15. The van der Waals surface area contributed by atoms with E-state index in [4.69, 9.17) is 5.73 Å². The molecule has 0 amide bonds. The zero-order chi connectivity index (χ0) is 20.1. The minimum absolute atomic E-state index is 0.0203. The predicted octanol–water partition coefficient (Wildman–Crippen LogP) is 1.92. The fourth-order valence-corrected chi connectivity index (χ4v) is 4.65. The Morgan fingerprint density at radius 2 is 1.83 bits per heavy atom. The van der Waals surface area contributed by atoms with E-state index >= 15 is 0 Å². The van der Waals surface area contributed by atoms with Crippen LogP contribution in [0.15, 0.2) is 35.6 Å². The maximum atomic E-state index is 12.9. The molecule has 2 aliphatic heterocycles. The number of nitrogens with zero attached hydrogens (tertiary/aromatic N) is 6. The molecule has 1 fully saturated rings. The fourth-order valence-electron chi connectivity index (χ4n) is 4.65. The first-order valence-electron chi connectivity index (χ1n) is 9.85. The van der Waals surface area contributed by atoms with Crippen LogP contribution in [0.4, 0.5) is 11.6 Å². The molecular weight excluding hydrogens is 366 g/mol. The number of hydrogen-bond acceptors (Lipinski definition) is 7. The van der Waals surface area contributed by atoms with Gasteiger partial charge in [0, 0.05) is 60.2 Å². The summed E-state index contributed by atoms with van der Waals surface area (Å²) >= 11 is 0. The summed E-state index contributed by atoms with van der Waals surface area (Å²) in [5.41, 5.74) is 10.5. The summed E-state index contributed by atoms with van der Waals surface area (Å²) in [7, 11) is 0. The van der Waals surface area contributed by atoms with Crippen LogP contribution in [0.2, 0.25) is 0 Å². The van der Waals surface area contributed by atoms with Crippen LogP contribution in [0.25, 0.3) is 11.3 Å². The Bertz CT molecular complexity index is 1160. The maximum absolute atomic E-state index is 12.9. The number of fused-ring (bicyclic) bond motifs is 4. The Morgan fingerprint density at radius 1 is 1.00 bits per heavy atom. The number of hydrogen-bond donors (Lipinski definition) is 1. The van der Waals surface area contributed by atoms with E-state index in [2.05, 4.69) is 37.8 Å². The van der Waals surface area contributed by atoms with Crippen molar-refractivity contribution in [2.24, 2.45) is 5.92 Å². The molecule has 2 bridgehead atoms. The highest BCUT2D eigenvalue weighted by atomic mass is 16.1. The van der Waals surface area contributed by atoms with Gasteiger partial charge in [0.1, 0.15) is 24.3 Å². The van der Waals surface area contributed by atoms with Gasteiger partial charge in [-0.2, -0.15) is 0 Å². The van der Waals surface area contributed by atoms with Crippen LogP contribution in [-0.2, 0) is 6.54 Å². The molecular formula is C21H23N7O. The van der Waals surface area contributed by atoms with E-state index < -0.39 is 0 Å². The van der Waals surface area contributed by atoms with Gasteiger partial charge in [-0.05, 0) is 32.3 Å². The normalized spacial score (nSPS) is 20.4. The first-order chi connectivity index (χ1) is 14.0. The molecule has 0 aliphatic carbocycles. The number of piperidine rings is 1. The molecule has 0 saturated carbocycles. The van der Waals surface area contributed by atoms with Crippen LogP contribution in [-0.4, -0.2) is 37.6 Å².